The third kappa shape index (κ3) is 11.5. The number of aliphatic carboxylic acids is 1. The van der Waals surface area contributed by atoms with Crippen LogP contribution in [-0.2, 0) is 14.4 Å². The van der Waals surface area contributed by atoms with E-state index in [-0.39, 0.29) is 5.41 Å². The van der Waals surface area contributed by atoms with Crippen LogP contribution in [0.25, 0.3) is 0 Å². The average Bonchev–Trinajstić information content (AvgIpc) is 2.94. The molecule has 0 radical (unpaired) electrons. The zero-order valence-electron chi connectivity index (χ0n) is 24.3. The van der Waals surface area contributed by atoms with E-state index < -0.39 is 42.7 Å². The summed E-state index contributed by atoms with van der Waals surface area (Å²) in [6, 6.07) is 12.0. The normalized spacial score (nSPS) is 13.5. The molecule has 0 aromatic heterocycles. The number of carbonyl (C=O) groups is 4. The van der Waals surface area contributed by atoms with Gasteiger partial charge in [-0.2, -0.15) is 0 Å². The number of hydrogen-bond donors (Lipinski definition) is 6. The van der Waals surface area contributed by atoms with Gasteiger partial charge in [0.15, 0.2) is 5.96 Å². The molecule has 2 aromatic carbocycles. The maximum atomic E-state index is 12.8. The number of hydrogen-bond acceptors (Lipinski definition) is 8. The first-order chi connectivity index (χ1) is 20.0. The third-order valence-corrected chi connectivity index (χ3v) is 6.19. The van der Waals surface area contributed by atoms with Crippen LogP contribution in [0.5, 0.6) is 5.75 Å². The summed E-state index contributed by atoms with van der Waals surface area (Å²) in [6.07, 6.45) is 2.26. The average molecular weight is 581 g/mol. The molecule has 42 heavy (non-hydrogen) atoms. The summed E-state index contributed by atoms with van der Waals surface area (Å²) in [4.78, 5) is 53.7. The highest BCUT2D eigenvalue weighted by atomic mass is 16.5. The molecule has 1 aliphatic rings. The fraction of sp³-hybridized carbons (Fsp3) is 0.433. The number of anilines is 2. The summed E-state index contributed by atoms with van der Waals surface area (Å²) in [6.45, 7) is 8.16. The Kier molecular flexibility index (Phi) is 11.7. The van der Waals surface area contributed by atoms with E-state index >= 15 is 0 Å². The first-order valence-electron chi connectivity index (χ1n) is 14.0. The smallest absolute Gasteiger partial charge is 0.305 e. The van der Waals surface area contributed by atoms with Gasteiger partial charge in [0.2, 0.25) is 11.8 Å². The van der Waals surface area contributed by atoms with E-state index in [0.29, 0.717) is 41.8 Å². The number of nitrogens with one attached hydrogen (secondary N) is 5. The molecular formula is C30H40N6O6. The summed E-state index contributed by atoms with van der Waals surface area (Å²) in [5.41, 5.74) is 1.61. The van der Waals surface area contributed by atoms with Gasteiger partial charge < -0.3 is 36.4 Å². The number of carboxylic acids is 1. The molecule has 3 rings (SSSR count). The zero-order chi connectivity index (χ0) is 30.5. The minimum atomic E-state index is -1.35. The number of rotatable bonds is 13. The van der Waals surface area contributed by atoms with Gasteiger partial charge in [0.25, 0.3) is 5.91 Å². The molecule has 0 bridgehead atoms. The molecule has 0 aliphatic carbocycles. The molecule has 12 heteroatoms. The Morgan fingerprint density at radius 1 is 1.07 bits per heavy atom. The van der Waals surface area contributed by atoms with Gasteiger partial charge >= 0.3 is 5.97 Å². The number of carboxylic acid groups (broad SMARTS) is 1. The van der Waals surface area contributed by atoms with Gasteiger partial charge in [-0.1, -0.05) is 26.8 Å². The Bertz CT molecular complexity index is 1270. The summed E-state index contributed by atoms with van der Waals surface area (Å²) < 4.78 is 5.74. The number of benzene rings is 2. The summed E-state index contributed by atoms with van der Waals surface area (Å²) in [5.74, 6) is -1.91. The van der Waals surface area contributed by atoms with Crippen molar-refractivity contribution >= 4 is 41.0 Å². The van der Waals surface area contributed by atoms with Crippen LogP contribution in [0.1, 0.15) is 56.8 Å². The highest BCUT2D eigenvalue weighted by molar-refractivity contribution is 6.01. The van der Waals surface area contributed by atoms with Gasteiger partial charge in [-0.15, -0.1) is 0 Å². The zero-order valence-corrected chi connectivity index (χ0v) is 24.3. The van der Waals surface area contributed by atoms with Crippen molar-refractivity contribution in [2.75, 3.05) is 36.9 Å². The van der Waals surface area contributed by atoms with Crippen molar-refractivity contribution in [1.29, 1.82) is 0 Å². The van der Waals surface area contributed by atoms with E-state index in [0.717, 1.165) is 25.8 Å². The van der Waals surface area contributed by atoms with Crippen molar-refractivity contribution in [2.45, 2.75) is 52.5 Å². The number of nitrogens with zero attached hydrogens (tertiary/aromatic N) is 1. The number of amides is 3. The Morgan fingerprint density at radius 3 is 2.50 bits per heavy atom. The molecule has 12 nitrogen and oxygen atoms in total. The Balaban J connectivity index is 1.49. The number of ether oxygens (including phenoxy) is 1. The molecule has 0 saturated carbocycles. The van der Waals surface area contributed by atoms with Gasteiger partial charge in [-0.25, -0.2) is 0 Å². The fourth-order valence-corrected chi connectivity index (χ4v) is 4.04. The van der Waals surface area contributed by atoms with Crippen LogP contribution < -0.4 is 31.3 Å². The topological polar surface area (TPSA) is 170 Å². The quantitative estimate of drug-likeness (QED) is 0.196. The van der Waals surface area contributed by atoms with E-state index in [1.807, 2.05) is 0 Å². The highest BCUT2D eigenvalue weighted by Gasteiger charge is 2.24. The number of carbonyl (C=O) groups excluding carboxylic acids is 3. The van der Waals surface area contributed by atoms with Crippen molar-refractivity contribution in [1.82, 2.24) is 16.0 Å². The highest BCUT2D eigenvalue weighted by Crippen LogP contribution is 2.21. The van der Waals surface area contributed by atoms with Crippen molar-refractivity contribution in [3.8, 4) is 5.75 Å². The molecule has 0 fully saturated rings. The summed E-state index contributed by atoms with van der Waals surface area (Å²) in [5, 5.41) is 23.0. The molecule has 6 N–H and O–H groups in total. The molecule has 0 saturated heterocycles. The minimum absolute atomic E-state index is 0.233. The van der Waals surface area contributed by atoms with Gasteiger partial charge in [-0.05, 0) is 67.1 Å². The van der Waals surface area contributed by atoms with Crippen LogP contribution in [0.4, 0.5) is 11.4 Å². The van der Waals surface area contributed by atoms with E-state index in [1.165, 1.54) is 0 Å². The van der Waals surface area contributed by atoms with Gasteiger partial charge in [0, 0.05) is 30.0 Å². The molecule has 226 valence electrons. The second kappa shape index (κ2) is 15.4. The lowest BCUT2D eigenvalue weighted by molar-refractivity contribution is -0.139. The van der Waals surface area contributed by atoms with Crippen LogP contribution in [-0.4, -0.2) is 67.0 Å². The van der Waals surface area contributed by atoms with Crippen molar-refractivity contribution in [3.05, 3.63) is 54.1 Å². The molecule has 1 aliphatic heterocycles. The van der Waals surface area contributed by atoms with Crippen molar-refractivity contribution < 1.29 is 29.0 Å². The maximum Gasteiger partial charge on any atom is 0.305 e. The van der Waals surface area contributed by atoms with Crippen molar-refractivity contribution in [2.24, 2.45) is 10.4 Å². The second-order valence-electron chi connectivity index (χ2n) is 11.1. The molecule has 0 spiro atoms. The predicted molar refractivity (Wildman–Crippen MR) is 161 cm³/mol. The summed E-state index contributed by atoms with van der Waals surface area (Å²) >= 11 is 0. The van der Waals surface area contributed by atoms with Gasteiger partial charge in [0.1, 0.15) is 11.8 Å². The Labute approximate surface area is 245 Å². The molecule has 1 heterocycles. The van der Waals surface area contributed by atoms with Crippen LogP contribution in [0.15, 0.2) is 53.5 Å². The molecule has 2 aromatic rings. The Hall–Kier alpha value is -4.61. The number of aliphatic imine (C=N–C) groups is 1. The monoisotopic (exact) mass is 580 g/mol. The van der Waals surface area contributed by atoms with Crippen LogP contribution in [0, 0.1) is 5.41 Å². The lowest BCUT2D eigenvalue weighted by Crippen LogP contribution is -2.48. The fourth-order valence-electron chi connectivity index (χ4n) is 4.04. The van der Waals surface area contributed by atoms with E-state index in [2.05, 4.69) is 52.3 Å². The first kappa shape index (κ1) is 31.9. The van der Waals surface area contributed by atoms with E-state index in [1.54, 1.807) is 48.5 Å². The first-order valence-corrected chi connectivity index (χ1v) is 14.0. The van der Waals surface area contributed by atoms with E-state index in [4.69, 9.17) is 4.74 Å². The van der Waals surface area contributed by atoms with Gasteiger partial charge in [0.05, 0.1) is 19.6 Å². The predicted octanol–water partition coefficient (Wildman–Crippen LogP) is 2.98. The van der Waals surface area contributed by atoms with Crippen LogP contribution in [0.2, 0.25) is 0 Å². The van der Waals surface area contributed by atoms with Gasteiger partial charge in [-0.3, -0.25) is 24.2 Å². The van der Waals surface area contributed by atoms with Crippen LogP contribution >= 0.6 is 0 Å². The van der Waals surface area contributed by atoms with Crippen molar-refractivity contribution in [3.63, 3.8) is 0 Å². The minimum Gasteiger partial charge on any atom is -0.494 e. The third-order valence-electron chi connectivity index (χ3n) is 6.19. The lowest BCUT2D eigenvalue weighted by Gasteiger charge is -2.18. The lowest BCUT2D eigenvalue weighted by atomic mass is 9.91. The molecule has 3 amide bonds. The largest absolute Gasteiger partial charge is 0.494 e. The summed E-state index contributed by atoms with van der Waals surface area (Å²) in [7, 11) is 0. The number of guanidine groups is 1. The van der Waals surface area contributed by atoms with Crippen LogP contribution in [0.3, 0.4) is 0 Å². The Morgan fingerprint density at radius 2 is 1.83 bits per heavy atom. The molecule has 0 unspecified atom stereocenters. The second-order valence-corrected chi connectivity index (χ2v) is 11.1. The van der Waals surface area contributed by atoms with E-state index in [9.17, 15) is 24.3 Å². The SMILES string of the molecule is CC(C)(C)CCCOc1ccc(NC(=O)[C@H](CC(=O)O)NC(=O)CNC(=O)c2cccc(NC3=NCCCN3)c2)cc1. The molecule has 1 atom stereocenters. The molecular weight excluding hydrogens is 540 g/mol. The maximum absolute atomic E-state index is 12.8. The standard InChI is InChI=1S/C30H40N6O6/c1-30(2,3)13-5-16-42-23-11-9-21(10-12-23)34-28(41)24(18-26(38)39)36-25(37)19-33-27(40)20-7-4-8-22(17-20)35-29-31-14-6-15-32-29/h4,7-12,17,24H,5-6,13-16,18-19H2,1-3H3,(H,33,40)(H,34,41)(H,36,37)(H,38,39)(H2,31,32,35)/t24-/m0/s1.